The normalized spacial score (nSPS) is 19.5. The van der Waals surface area contributed by atoms with Crippen molar-refractivity contribution in [3.05, 3.63) is 34.9 Å². The van der Waals surface area contributed by atoms with E-state index in [1.807, 2.05) is 13.0 Å². The number of fused-ring (bicyclic) bond motifs is 1. The van der Waals surface area contributed by atoms with Crippen LogP contribution in [0.5, 0.6) is 0 Å². The number of hydrogen-bond acceptors (Lipinski definition) is 6. The summed E-state index contributed by atoms with van der Waals surface area (Å²) in [7, 11) is 2.12. The summed E-state index contributed by atoms with van der Waals surface area (Å²) in [6, 6.07) is 5.59. The molecular weight excluding hydrogens is 472 g/mol. The molecule has 1 atom stereocenters. The standard InChI is InChI=1S/C28H38N4O5/c1-3-7-26(27(35)30-20-34)32-18-25-21(9-6-10-24(25)28(32)36)8-4-5-16-37-17-15-31(2)23-13-11-22(12-14-23)29-19-33/h6,9-10,19-20,22-23,26H,3,5,7,11-18H2,1-2H3,(H,29,33)(H,30,34,35). The van der Waals surface area contributed by atoms with E-state index < -0.39 is 11.9 Å². The minimum atomic E-state index is -0.689. The minimum Gasteiger partial charge on any atom is -0.379 e. The van der Waals surface area contributed by atoms with Gasteiger partial charge < -0.3 is 19.9 Å². The first-order valence-corrected chi connectivity index (χ1v) is 13.1. The van der Waals surface area contributed by atoms with E-state index in [-0.39, 0.29) is 5.91 Å². The average molecular weight is 511 g/mol. The predicted molar refractivity (Wildman–Crippen MR) is 139 cm³/mol. The van der Waals surface area contributed by atoms with Crippen molar-refractivity contribution in [1.82, 2.24) is 20.4 Å². The largest absolute Gasteiger partial charge is 0.379 e. The van der Waals surface area contributed by atoms with Crippen LogP contribution in [0.25, 0.3) is 0 Å². The highest BCUT2D eigenvalue weighted by molar-refractivity contribution is 6.02. The summed E-state index contributed by atoms with van der Waals surface area (Å²) in [4.78, 5) is 50.6. The lowest BCUT2D eigenvalue weighted by molar-refractivity contribution is -0.129. The third kappa shape index (κ3) is 7.63. The number of hydrogen-bond donors (Lipinski definition) is 2. The maximum absolute atomic E-state index is 13.0. The highest BCUT2D eigenvalue weighted by atomic mass is 16.5. The van der Waals surface area contributed by atoms with Crippen LogP contribution < -0.4 is 10.6 Å². The van der Waals surface area contributed by atoms with Gasteiger partial charge >= 0.3 is 0 Å². The maximum atomic E-state index is 13.0. The van der Waals surface area contributed by atoms with E-state index >= 15 is 0 Å². The van der Waals surface area contributed by atoms with Crippen LogP contribution in [0.15, 0.2) is 18.2 Å². The lowest BCUT2D eigenvalue weighted by Crippen LogP contribution is -2.46. The van der Waals surface area contributed by atoms with E-state index in [0.29, 0.717) is 63.1 Å². The van der Waals surface area contributed by atoms with Crippen molar-refractivity contribution in [3.8, 4) is 11.8 Å². The number of ether oxygens (including phenoxy) is 1. The lowest BCUT2D eigenvalue weighted by Gasteiger charge is -2.34. The first-order valence-electron chi connectivity index (χ1n) is 13.1. The van der Waals surface area contributed by atoms with Gasteiger partial charge in [0.2, 0.25) is 18.7 Å². The summed E-state index contributed by atoms with van der Waals surface area (Å²) < 4.78 is 5.79. The Morgan fingerprint density at radius 2 is 2.00 bits per heavy atom. The van der Waals surface area contributed by atoms with Crippen molar-refractivity contribution in [1.29, 1.82) is 0 Å². The van der Waals surface area contributed by atoms with E-state index in [4.69, 9.17) is 4.74 Å². The van der Waals surface area contributed by atoms with Crippen LogP contribution in [-0.4, -0.2) is 79.4 Å². The molecule has 2 N–H and O–H groups in total. The first kappa shape index (κ1) is 28.4. The van der Waals surface area contributed by atoms with Crippen LogP contribution in [0.1, 0.15) is 73.4 Å². The summed E-state index contributed by atoms with van der Waals surface area (Å²) in [6.07, 6.45) is 7.11. The number of likely N-dealkylation sites (N-methyl/N-ethyl adjacent to an activating group) is 1. The highest BCUT2D eigenvalue weighted by Gasteiger charge is 2.36. The molecule has 200 valence electrons. The van der Waals surface area contributed by atoms with Crippen molar-refractivity contribution < 1.29 is 23.9 Å². The van der Waals surface area contributed by atoms with Gasteiger partial charge in [0.25, 0.3) is 5.91 Å². The zero-order valence-corrected chi connectivity index (χ0v) is 21.8. The van der Waals surface area contributed by atoms with E-state index in [1.165, 1.54) is 4.90 Å². The third-order valence-corrected chi connectivity index (χ3v) is 7.24. The van der Waals surface area contributed by atoms with Crippen LogP contribution >= 0.6 is 0 Å². The maximum Gasteiger partial charge on any atom is 0.255 e. The van der Waals surface area contributed by atoms with Crippen molar-refractivity contribution >= 4 is 24.6 Å². The average Bonchev–Trinajstić information content (AvgIpc) is 3.24. The van der Waals surface area contributed by atoms with E-state index in [1.54, 1.807) is 12.1 Å². The number of amides is 4. The SMILES string of the molecule is CCCC(C(=O)NC=O)N1Cc2c(C#CCCOCCN(C)C3CCC(NC=O)CC3)cccc2C1=O. The van der Waals surface area contributed by atoms with Crippen molar-refractivity contribution in [2.75, 3.05) is 26.8 Å². The summed E-state index contributed by atoms with van der Waals surface area (Å²) >= 11 is 0. The molecule has 1 aromatic rings. The molecule has 2 aliphatic rings. The Morgan fingerprint density at radius 3 is 2.70 bits per heavy atom. The number of benzene rings is 1. The Balaban J connectivity index is 1.46. The second-order valence-corrected chi connectivity index (χ2v) is 9.63. The van der Waals surface area contributed by atoms with Gasteiger partial charge in [0, 0.05) is 42.7 Å². The van der Waals surface area contributed by atoms with Crippen LogP contribution in [-0.2, 0) is 25.7 Å². The Labute approximate surface area is 219 Å². The molecule has 0 spiro atoms. The molecule has 3 rings (SSSR count). The van der Waals surface area contributed by atoms with Crippen LogP contribution in [0.4, 0.5) is 0 Å². The van der Waals surface area contributed by atoms with Gasteiger partial charge in [0.15, 0.2) is 0 Å². The van der Waals surface area contributed by atoms with Crippen molar-refractivity contribution in [3.63, 3.8) is 0 Å². The Kier molecular flexibility index (Phi) is 11.1. The van der Waals surface area contributed by atoms with E-state index in [9.17, 15) is 19.2 Å². The number of rotatable bonds is 13. The molecule has 9 heteroatoms. The molecule has 1 unspecified atom stereocenters. The zero-order valence-electron chi connectivity index (χ0n) is 21.8. The lowest BCUT2D eigenvalue weighted by atomic mass is 9.90. The number of carbonyl (C=O) groups excluding carboxylic acids is 4. The van der Waals surface area contributed by atoms with Crippen molar-refractivity contribution in [2.45, 2.75) is 76.5 Å². The van der Waals surface area contributed by atoms with Gasteiger partial charge in [-0.15, -0.1) is 0 Å². The molecule has 1 fully saturated rings. The third-order valence-electron chi connectivity index (χ3n) is 7.24. The van der Waals surface area contributed by atoms with Crippen molar-refractivity contribution in [2.24, 2.45) is 0 Å². The predicted octanol–water partition coefficient (Wildman–Crippen LogP) is 1.83. The molecule has 9 nitrogen and oxygen atoms in total. The minimum absolute atomic E-state index is 0.209. The second-order valence-electron chi connectivity index (χ2n) is 9.63. The Morgan fingerprint density at radius 1 is 1.22 bits per heavy atom. The molecule has 4 amide bonds. The zero-order chi connectivity index (χ0) is 26.6. The van der Waals surface area contributed by atoms with Crippen LogP contribution in [0.2, 0.25) is 0 Å². The van der Waals surface area contributed by atoms with Crippen LogP contribution in [0, 0.1) is 11.8 Å². The molecule has 37 heavy (non-hydrogen) atoms. The Bertz CT molecular complexity index is 1010. The summed E-state index contributed by atoms with van der Waals surface area (Å²) in [5, 5.41) is 5.07. The number of carbonyl (C=O) groups is 4. The van der Waals surface area contributed by atoms with Gasteiger partial charge in [0.05, 0.1) is 13.2 Å². The van der Waals surface area contributed by atoms with Gasteiger partial charge in [-0.25, -0.2) is 0 Å². The number of nitrogens with one attached hydrogen (secondary N) is 2. The number of nitrogens with zero attached hydrogens (tertiary/aromatic N) is 2. The van der Waals surface area contributed by atoms with Gasteiger partial charge in [-0.2, -0.15) is 0 Å². The topological polar surface area (TPSA) is 108 Å². The molecule has 0 saturated heterocycles. The fourth-order valence-corrected chi connectivity index (χ4v) is 5.13. The smallest absolute Gasteiger partial charge is 0.255 e. The molecule has 1 aliphatic heterocycles. The summed E-state index contributed by atoms with van der Waals surface area (Å²) in [5.41, 5.74) is 2.15. The molecule has 0 aromatic heterocycles. The highest BCUT2D eigenvalue weighted by Crippen LogP contribution is 2.28. The van der Waals surface area contributed by atoms with Gasteiger partial charge in [0.1, 0.15) is 6.04 Å². The first-order chi connectivity index (χ1) is 18.0. The van der Waals surface area contributed by atoms with Gasteiger partial charge in [-0.05, 0) is 56.8 Å². The summed E-state index contributed by atoms with van der Waals surface area (Å²) in [5.74, 6) is 5.65. The molecule has 1 heterocycles. The Hall–Kier alpha value is -3.22. The molecule has 0 bridgehead atoms. The van der Waals surface area contributed by atoms with E-state index in [2.05, 4.69) is 34.4 Å². The quantitative estimate of drug-likeness (QED) is 0.238. The van der Waals surface area contributed by atoms with E-state index in [0.717, 1.165) is 49.8 Å². The molecule has 0 radical (unpaired) electrons. The van der Waals surface area contributed by atoms with Gasteiger partial charge in [-0.1, -0.05) is 31.3 Å². The molecule has 1 aromatic carbocycles. The second kappa shape index (κ2) is 14.5. The monoisotopic (exact) mass is 510 g/mol. The fourth-order valence-electron chi connectivity index (χ4n) is 5.13. The number of imide groups is 1. The van der Waals surface area contributed by atoms with Gasteiger partial charge in [-0.3, -0.25) is 24.5 Å². The summed E-state index contributed by atoms with van der Waals surface area (Å²) in [6.45, 7) is 4.25. The molecule has 1 aliphatic carbocycles. The van der Waals surface area contributed by atoms with Crippen LogP contribution in [0.3, 0.4) is 0 Å². The molecule has 1 saturated carbocycles. The molecular formula is C28H38N4O5. The fraction of sp³-hybridized carbons (Fsp3) is 0.571.